The Morgan fingerprint density at radius 3 is 2.41 bits per heavy atom. The Morgan fingerprint density at radius 1 is 1.00 bits per heavy atom. The zero-order valence-corrected chi connectivity index (χ0v) is 21.8. The van der Waals surface area contributed by atoms with Crippen molar-refractivity contribution in [3.8, 4) is 5.75 Å². The van der Waals surface area contributed by atoms with Crippen LogP contribution < -0.4 is 0 Å². The topological polar surface area (TPSA) is 222 Å². The second-order valence-corrected chi connectivity index (χ2v) is 9.63. The van der Waals surface area contributed by atoms with Gasteiger partial charge in [0.1, 0.15) is 36.3 Å². The summed E-state index contributed by atoms with van der Waals surface area (Å²) in [4.78, 5) is 25.4. The summed E-state index contributed by atoms with van der Waals surface area (Å²) in [7, 11) is 1.14. The monoisotopic (exact) mass is 580 g/mol. The summed E-state index contributed by atoms with van der Waals surface area (Å²) in [6, 6.07) is 4.36. The first-order chi connectivity index (χ1) is 19.6. The predicted octanol–water partition coefficient (Wildman–Crippen LogP) is -1.80. The molecule has 9 atom stereocenters. The van der Waals surface area contributed by atoms with Crippen molar-refractivity contribution in [2.45, 2.75) is 49.7 Å². The van der Waals surface area contributed by atoms with Crippen LogP contribution in [0.25, 0.3) is 6.08 Å². The molecule has 4 rings (SSSR count). The second kappa shape index (κ2) is 13.1. The number of aliphatic hydroxyl groups excluding tert-OH is 6. The molecule has 1 fully saturated rings. The molecule has 1 aromatic rings. The number of rotatable bonds is 9. The highest BCUT2D eigenvalue weighted by Crippen LogP contribution is 2.45. The van der Waals surface area contributed by atoms with Crippen molar-refractivity contribution in [1.82, 2.24) is 0 Å². The lowest BCUT2D eigenvalue weighted by Crippen LogP contribution is -2.60. The van der Waals surface area contributed by atoms with Crippen molar-refractivity contribution < 1.29 is 69.0 Å². The number of aliphatic hydroxyl groups is 6. The third-order valence-corrected chi connectivity index (χ3v) is 7.19. The van der Waals surface area contributed by atoms with Gasteiger partial charge in [-0.05, 0) is 35.4 Å². The number of ether oxygens (including phenoxy) is 5. The molecule has 14 nitrogen and oxygen atoms in total. The van der Waals surface area contributed by atoms with Gasteiger partial charge < -0.3 is 59.4 Å². The van der Waals surface area contributed by atoms with Gasteiger partial charge in [0.05, 0.1) is 44.7 Å². The van der Waals surface area contributed by atoms with Gasteiger partial charge in [0.25, 0.3) is 0 Å². The summed E-state index contributed by atoms with van der Waals surface area (Å²) < 4.78 is 27.2. The van der Waals surface area contributed by atoms with Gasteiger partial charge >= 0.3 is 11.9 Å². The van der Waals surface area contributed by atoms with Gasteiger partial charge in [-0.25, -0.2) is 9.59 Å². The number of benzene rings is 1. The first kappa shape index (κ1) is 30.6. The van der Waals surface area contributed by atoms with E-state index < -0.39 is 86.7 Å². The number of hydrogen-bond acceptors (Lipinski definition) is 14. The number of phenols is 1. The molecule has 0 unspecified atom stereocenters. The van der Waals surface area contributed by atoms with Gasteiger partial charge in [-0.2, -0.15) is 0 Å². The third-order valence-electron chi connectivity index (χ3n) is 7.19. The summed E-state index contributed by atoms with van der Waals surface area (Å²) in [6.45, 7) is -1.64. The molecule has 1 aromatic carbocycles. The number of methoxy groups -OCH3 is 1. The molecule has 0 amide bonds. The molecule has 14 heteroatoms. The smallest absolute Gasteiger partial charge is 0.337 e. The number of aromatic hydroxyl groups is 1. The average molecular weight is 581 g/mol. The average Bonchev–Trinajstić information content (AvgIpc) is 3.35. The Morgan fingerprint density at radius 2 is 1.76 bits per heavy atom. The van der Waals surface area contributed by atoms with Gasteiger partial charge in [0, 0.05) is 17.6 Å². The zero-order chi connectivity index (χ0) is 29.8. The van der Waals surface area contributed by atoms with Gasteiger partial charge in [0.15, 0.2) is 6.29 Å². The lowest BCUT2D eigenvalue weighted by Gasteiger charge is -2.43. The summed E-state index contributed by atoms with van der Waals surface area (Å²) in [5.74, 6) is -3.62. The predicted molar refractivity (Wildman–Crippen MR) is 135 cm³/mol. The molecular formula is C27H32O14. The molecule has 0 aromatic heterocycles. The van der Waals surface area contributed by atoms with E-state index in [0.717, 1.165) is 19.4 Å². The van der Waals surface area contributed by atoms with E-state index in [1.807, 2.05) is 0 Å². The molecule has 0 bridgehead atoms. The van der Waals surface area contributed by atoms with Crippen LogP contribution in [0.4, 0.5) is 0 Å². The highest BCUT2D eigenvalue weighted by Gasteiger charge is 2.53. The van der Waals surface area contributed by atoms with Crippen LogP contribution in [-0.4, -0.2) is 111 Å². The summed E-state index contributed by atoms with van der Waals surface area (Å²) >= 11 is 0. The first-order valence-electron chi connectivity index (χ1n) is 12.7. The summed E-state index contributed by atoms with van der Waals surface area (Å²) in [6.07, 6.45) is -5.36. The Hall–Kier alpha value is -3.34. The van der Waals surface area contributed by atoms with Crippen LogP contribution in [0.5, 0.6) is 5.75 Å². The standard InChI is InChI=1S/C27H32O14/c1-37-25(36)15-11-38-26(41-27-24(35)23(34)22(33)18(10-30)40-27)20-14(9-29)7-17(21(15)20)39-19(32)5-3-12-2-4-16(31)13(6-12)8-28/h2-7,11,17-18,20-24,26-31,33-35H,8-10H2,1H3/b5-3+/t17-,18-,20-,21+,22-,23+,24-,26+,27+/m1/s1. The van der Waals surface area contributed by atoms with Crippen LogP contribution in [0.3, 0.4) is 0 Å². The van der Waals surface area contributed by atoms with E-state index in [0.29, 0.717) is 5.56 Å². The third kappa shape index (κ3) is 6.29. The zero-order valence-electron chi connectivity index (χ0n) is 21.8. The number of esters is 2. The Bertz CT molecular complexity index is 1210. The van der Waals surface area contributed by atoms with Crippen LogP contribution in [0.1, 0.15) is 11.1 Å². The molecule has 1 saturated heterocycles. The maximum absolute atomic E-state index is 12.8. The lowest BCUT2D eigenvalue weighted by atomic mass is 9.82. The van der Waals surface area contributed by atoms with Gasteiger partial charge in [-0.3, -0.25) is 0 Å². The minimum absolute atomic E-state index is 0.0289. The molecule has 3 aliphatic rings. The van der Waals surface area contributed by atoms with E-state index in [2.05, 4.69) is 0 Å². The van der Waals surface area contributed by atoms with Crippen LogP contribution in [0.15, 0.2) is 47.8 Å². The molecule has 41 heavy (non-hydrogen) atoms. The van der Waals surface area contributed by atoms with Crippen molar-refractivity contribution in [1.29, 1.82) is 0 Å². The Kier molecular flexibility index (Phi) is 9.78. The van der Waals surface area contributed by atoms with Crippen LogP contribution >= 0.6 is 0 Å². The van der Waals surface area contributed by atoms with Crippen molar-refractivity contribution in [3.05, 3.63) is 58.9 Å². The van der Waals surface area contributed by atoms with E-state index >= 15 is 0 Å². The molecule has 7 N–H and O–H groups in total. The van der Waals surface area contributed by atoms with Crippen molar-refractivity contribution in [3.63, 3.8) is 0 Å². The normalized spacial score (nSPS) is 33.0. The fourth-order valence-corrected chi connectivity index (χ4v) is 5.05. The van der Waals surface area contributed by atoms with E-state index in [4.69, 9.17) is 23.7 Å². The molecular weight excluding hydrogens is 548 g/mol. The highest BCUT2D eigenvalue weighted by molar-refractivity contribution is 5.90. The first-order valence-corrected chi connectivity index (χ1v) is 12.7. The van der Waals surface area contributed by atoms with Crippen molar-refractivity contribution in [2.75, 3.05) is 20.3 Å². The molecule has 224 valence electrons. The molecule has 0 saturated carbocycles. The van der Waals surface area contributed by atoms with Crippen molar-refractivity contribution in [2.24, 2.45) is 11.8 Å². The highest BCUT2D eigenvalue weighted by atomic mass is 16.8. The fraction of sp³-hybridized carbons (Fsp3) is 0.481. The molecule has 0 spiro atoms. The largest absolute Gasteiger partial charge is 0.508 e. The van der Waals surface area contributed by atoms with E-state index in [9.17, 15) is 45.3 Å². The minimum atomic E-state index is -1.74. The van der Waals surface area contributed by atoms with Crippen molar-refractivity contribution >= 4 is 18.0 Å². The number of carbonyl (C=O) groups excluding carboxylic acids is 2. The van der Waals surface area contributed by atoms with Gasteiger partial charge in [-0.15, -0.1) is 0 Å². The van der Waals surface area contributed by atoms with E-state index in [1.165, 1.54) is 30.4 Å². The lowest BCUT2D eigenvalue weighted by molar-refractivity contribution is -0.340. The molecule has 2 heterocycles. The summed E-state index contributed by atoms with van der Waals surface area (Å²) in [5.41, 5.74) is 0.995. The van der Waals surface area contributed by atoms with Crippen LogP contribution in [0.2, 0.25) is 0 Å². The number of hydrogen-bond donors (Lipinski definition) is 7. The second-order valence-electron chi connectivity index (χ2n) is 9.63. The number of carbonyl (C=O) groups is 2. The van der Waals surface area contributed by atoms with Gasteiger partial charge in [0.2, 0.25) is 6.29 Å². The molecule has 2 aliphatic heterocycles. The molecule has 0 radical (unpaired) electrons. The SMILES string of the molecule is COC(=O)C1=CO[C@@H](O[C@@H]2O[C@H](CO)[C@@H](O)[C@H](O)[C@H]2O)[C@@H]2C(CO)=C[C@@H](OC(=O)/C=C/c3ccc(O)c(CO)c3)[C@H]12. The van der Waals surface area contributed by atoms with Crippen LogP contribution in [-0.2, 0) is 39.9 Å². The Labute approximate surface area is 233 Å². The fourth-order valence-electron chi connectivity index (χ4n) is 5.05. The maximum Gasteiger partial charge on any atom is 0.337 e. The molecule has 1 aliphatic carbocycles. The van der Waals surface area contributed by atoms with Gasteiger partial charge in [-0.1, -0.05) is 6.07 Å². The quantitative estimate of drug-likeness (QED) is 0.0974. The van der Waals surface area contributed by atoms with E-state index in [-0.39, 0.29) is 22.5 Å². The maximum atomic E-state index is 12.8. The Balaban J connectivity index is 1.56. The summed E-state index contributed by atoms with van der Waals surface area (Å²) in [5, 5.41) is 69.2. The van der Waals surface area contributed by atoms with E-state index in [1.54, 1.807) is 0 Å². The minimum Gasteiger partial charge on any atom is -0.508 e. The van der Waals surface area contributed by atoms with Crippen LogP contribution in [0, 0.1) is 11.8 Å². The number of fused-ring (bicyclic) bond motifs is 1.